The van der Waals surface area contributed by atoms with Crippen LogP contribution in [-0.4, -0.2) is 20.2 Å². The number of esters is 1. The van der Waals surface area contributed by atoms with Crippen molar-refractivity contribution in [3.8, 4) is 0 Å². The van der Waals surface area contributed by atoms with Crippen molar-refractivity contribution < 1.29 is 14.3 Å². The predicted octanol–water partition coefficient (Wildman–Crippen LogP) is 1.77. The van der Waals surface area contributed by atoms with Crippen LogP contribution in [0.15, 0.2) is 29.8 Å². The molecule has 1 aliphatic carbocycles. The fourth-order valence-corrected chi connectivity index (χ4v) is 1.85. The number of carbonyl (C=O) groups excluding carboxylic acids is 1. The second-order valence-electron chi connectivity index (χ2n) is 3.34. The molecular weight excluding hydrogens is 192 g/mol. The van der Waals surface area contributed by atoms with Crippen molar-refractivity contribution in [3.63, 3.8) is 0 Å². The lowest BCUT2D eigenvalue weighted by molar-refractivity contribution is -0.136. The number of rotatable bonds is 2. The highest BCUT2D eigenvalue weighted by atomic mass is 16.5. The molecule has 0 unspecified atom stereocenters. The Bertz CT molecular complexity index is 432. The Hall–Kier alpha value is -1.77. The first-order valence-electron chi connectivity index (χ1n) is 4.71. The molecule has 0 bridgehead atoms. The number of hydrogen-bond acceptors (Lipinski definition) is 3. The fraction of sp³-hybridized carbons (Fsp3) is 0.250. The van der Waals surface area contributed by atoms with Gasteiger partial charge < -0.3 is 9.47 Å². The van der Waals surface area contributed by atoms with Crippen LogP contribution in [0.5, 0.6) is 0 Å². The molecule has 78 valence electrons. The van der Waals surface area contributed by atoms with Gasteiger partial charge in [-0.2, -0.15) is 0 Å². The van der Waals surface area contributed by atoms with Crippen molar-refractivity contribution in [1.29, 1.82) is 0 Å². The number of fused-ring (bicyclic) bond motifs is 1. The Morgan fingerprint density at radius 2 is 2.00 bits per heavy atom. The quantitative estimate of drug-likeness (QED) is 0.689. The average molecular weight is 204 g/mol. The number of benzene rings is 1. The Morgan fingerprint density at radius 1 is 1.27 bits per heavy atom. The molecule has 0 spiro atoms. The summed E-state index contributed by atoms with van der Waals surface area (Å²) in [6, 6.07) is 7.82. The molecule has 3 nitrogen and oxygen atoms in total. The summed E-state index contributed by atoms with van der Waals surface area (Å²) in [5.41, 5.74) is 2.69. The topological polar surface area (TPSA) is 35.5 Å². The fourth-order valence-electron chi connectivity index (χ4n) is 1.85. The monoisotopic (exact) mass is 204 g/mol. The third-order valence-corrected chi connectivity index (χ3v) is 2.54. The van der Waals surface area contributed by atoms with Gasteiger partial charge in [-0.15, -0.1) is 0 Å². The maximum Gasteiger partial charge on any atom is 0.337 e. The zero-order valence-corrected chi connectivity index (χ0v) is 8.74. The minimum atomic E-state index is -0.317. The minimum absolute atomic E-state index is 0.317. The van der Waals surface area contributed by atoms with Crippen molar-refractivity contribution >= 4 is 11.7 Å². The highest BCUT2D eigenvalue weighted by Gasteiger charge is 2.27. The van der Waals surface area contributed by atoms with Gasteiger partial charge >= 0.3 is 5.97 Å². The lowest BCUT2D eigenvalue weighted by atomic mass is 10.1. The molecule has 0 radical (unpaired) electrons. The summed E-state index contributed by atoms with van der Waals surface area (Å²) in [7, 11) is 2.95. The summed E-state index contributed by atoms with van der Waals surface area (Å²) >= 11 is 0. The second-order valence-corrected chi connectivity index (χ2v) is 3.34. The van der Waals surface area contributed by atoms with Gasteiger partial charge in [0.2, 0.25) is 0 Å². The van der Waals surface area contributed by atoms with Crippen LogP contribution in [0.25, 0.3) is 5.76 Å². The van der Waals surface area contributed by atoms with Crippen LogP contribution in [0.1, 0.15) is 11.1 Å². The maximum absolute atomic E-state index is 11.5. The highest BCUT2D eigenvalue weighted by Crippen LogP contribution is 2.33. The number of methoxy groups -OCH3 is 2. The van der Waals surface area contributed by atoms with Gasteiger partial charge in [-0.05, 0) is 5.56 Å². The molecule has 0 amide bonds. The molecule has 0 atom stereocenters. The van der Waals surface area contributed by atoms with Gasteiger partial charge in [0.15, 0.2) is 0 Å². The van der Waals surface area contributed by atoms with E-state index in [1.54, 1.807) is 7.11 Å². The summed E-state index contributed by atoms with van der Waals surface area (Å²) in [6.07, 6.45) is 0.589. The summed E-state index contributed by atoms with van der Waals surface area (Å²) in [6.45, 7) is 0. The molecule has 0 fully saturated rings. The molecule has 0 saturated carbocycles. The zero-order chi connectivity index (χ0) is 10.8. The number of ether oxygens (including phenoxy) is 2. The van der Waals surface area contributed by atoms with Crippen LogP contribution < -0.4 is 0 Å². The van der Waals surface area contributed by atoms with E-state index in [0.717, 1.165) is 11.1 Å². The van der Waals surface area contributed by atoms with E-state index in [-0.39, 0.29) is 5.97 Å². The summed E-state index contributed by atoms with van der Waals surface area (Å²) < 4.78 is 9.97. The van der Waals surface area contributed by atoms with Crippen molar-refractivity contribution in [1.82, 2.24) is 0 Å². The first kappa shape index (κ1) is 9.77. The SMILES string of the molecule is COC(=O)C1=C(OC)c2ccccc2C1. The van der Waals surface area contributed by atoms with Crippen LogP contribution in [-0.2, 0) is 20.7 Å². The molecule has 0 heterocycles. The lowest BCUT2D eigenvalue weighted by Crippen LogP contribution is -2.06. The summed E-state index contributed by atoms with van der Waals surface area (Å²) in [5, 5.41) is 0. The van der Waals surface area contributed by atoms with Crippen LogP contribution >= 0.6 is 0 Å². The van der Waals surface area contributed by atoms with Crippen LogP contribution in [0.4, 0.5) is 0 Å². The molecule has 3 heteroatoms. The third-order valence-electron chi connectivity index (χ3n) is 2.54. The molecule has 0 aromatic heterocycles. The first-order chi connectivity index (χ1) is 7.27. The third kappa shape index (κ3) is 1.50. The molecule has 2 rings (SSSR count). The van der Waals surface area contributed by atoms with Gasteiger partial charge in [0.1, 0.15) is 5.76 Å². The molecule has 15 heavy (non-hydrogen) atoms. The van der Waals surface area contributed by atoms with E-state index in [1.165, 1.54) is 7.11 Å². The Balaban J connectivity index is 2.47. The minimum Gasteiger partial charge on any atom is -0.496 e. The smallest absolute Gasteiger partial charge is 0.337 e. The Morgan fingerprint density at radius 3 is 2.67 bits per heavy atom. The number of carbonyl (C=O) groups is 1. The maximum atomic E-state index is 11.5. The van der Waals surface area contributed by atoms with Crippen LogP contribution in [0.2, 0.25) is 0 Å². The average Bonchev–Trinajstić information content (AvgIpc) is 2.66. The Kier molecular flexibility index (Phi) is 2.46. The van der Waals surface area contributed by atoms with Crippen LogP contribution in [0, 0.1) is 0 Å². The van der Waals surface area contributed by atoms with E-state index in [0.29, 0.717) is 17.8 Å². The van der Waals surface area contributed by atoms with E-state index >= 15 is 0 Å². The van der Waals surface area contributed by atoms with E-state index < -0.39 is 0 Å². The molecule has 1 aromatic rings. The van der Waals surface area contributed by atoms with Crippen molar-refractivity contribution in [2.75, 3.05) is 14.2 Å². The summed E-state index contributed by atoms with van der Waals surface area (Å²) in [5.74, 6) is 0.320. The molecule has 0 saturated heterocycles. The normalized spacial score (nSPS) is 13.7. The van der Waals surface area contributed by atoms with Crippen molar-refractivity contribution in [3.05, 3.63) is 41.0 Å². The molecule has 1 aromatic carbocycles. The van der Waals surface area contributed by atoms with E-state index in [1.807, 2.05) is 24.3 Å². The first-order valence-corrected chi connectivity index (χ1v) is 4.71. The molecule has 0 N–H and O–H groups in total. The largest absolute Gasteiger partial charge is 0.496 e. The van der Waals surface area contributed by atoms with Gasteiger partial charge in [0.25, 0.3) is 0 Å². The molecule has 1 aliphatic rings. The zero-order valence-electron chi connectivity index (χ0n) is 8.74. The van der Waals surface area contributed by atoms with Gasteiger partial charge in [-0.25, -0.2) is 4.79 Å². The second kappa shape index (κ2) is 3.77. The van der Waals surface area contributed by atoms with Gasteiger partial charge in [0, 0.05) is 12.0 Å². The number of hydrogen-bond donors (Lipinski definition) is 0. The van der Waals surface area contributed by atoms with Crippen LogP contribution in [0.3, 0.4) is 0 Å². The standard InChI is InChI=1S/C12H12O3/c1-14-11-9-6-4-3-5-8(9)7-10(11)12(13)15-2/h3-6H,7H2,1-2H3. The van der Waals surface area contributed by atoms with Crippen molar-refractivity contribution in [2.24, 2.45) is 0 Å². The van der Waals surface area contributed by atoms with Gasteiger partial charge in [0.05, 0.1) is 19.8 Å². The Labute approximate surface area is 88.3 Å². The van der Waals surface area contributed by atoms with E-state index in [2.05, 4.69) is 0 Å². The van der Waals surface area contributed by atoms with Gasteiger partial charge in [-0.3, -0.25) is 0 Å². The highest BCUT2D eigenvalue weighted by molar-refractivity contribution is 5.99. The molecule has 0 aliphatic heterocycles. The van der Waals surface area contributed by atoms with E-state index in [4.69, 9.17) is 9.47 Å². The van der Waals surface area contributed by atoms with Crippen molar-refractivity contribution in [2.45, 2.75) is 6.42 Å². The predicted molar refractivity (Wildman–Crippen MR) is 56.1 cm³/mol. The van der Waals surface area contributed by atoms with Gasteiger partial charge in [-0.1, -0.05) is 24.3 Å². The summed E-state index contributed by atoms with van der Waals surface area (Å²) in [4.78, 5) is 11.5. The van der Waals surface area contributed by atoms with E-state index in [9.17, 15) is 4.79 Å². The molecular formula is C12H12O3. The lowest BCUT2D eigenvalue weighted by Gasteiger charge is -2.04.